The van der Waals surface area contributed by atoms with Crippen LogP contribution in [0, 0.1) is 0 Å². The number of rotatable bonds is 7. The highest BCUT2D eigenvalue weighted by Crippen LogP contribution is 2.25. The summed E-state index contributed by atoms with van der Waals surface area (Å²) < 4.78 is 8.39. The van der Waals surface area contributed by atoms with Crippen molar-refractivity contribution in [2.75, 3.05) is 5.32 Å². The summed E-state index contributed by atoms with van der Waals surface area (Å²) in [7, 11) is 0. The minimum absolute atomic E-state index is 0.0680. The molecule has 0 fully saturated rings. The van der Waals surface area contributed by atoms with Crippen molar-refractivity contribution in [1.29, 1.82) is 0 Å². The second-order valence-electron chi connectivity index (χ2n) is 9.17. The molecule has 0 saturated carbocycles. The van der Waals surface area contributed by atoms with E-state index in [1.165, 1.54) is 4.57 Å². The normalized spacial score (nSPS) is 11.4. The molecule has 1 N–H and O–H groups in total. The largest absolute Gasteiger partial charge is 0.449 e. The number of para-hydroxylation sites is 1. The predicted molar refractivity (Wildman–Crippen MR) is 142 cm³/mol. The van der Waals surface area contributed by atoms with Gasteiger partial charge in [-0.3, -0.25) is 18.7 Å². The maximum absolute atomic E-state index is 13.6. The van der Waals surface area contributed by atoms with Crippen molar-refractivity contribution < 1.29 is 9.21 Å². The molecule has 2 heterocycles. The average molecular weight is 482 g/mol. The third-order valence-electron chi connectivity index (χ3n) is 6.35. The van der Waals surface area contributed by atoms with E-state index in [0.717, 1.165) is 15.7 Å². The fraction of sp³-hybridized carbons (Fsp3) is 0.207. The highest BCUT2D eigenvalue weighted by molar-refractivity contribution is 6.03. The number of anilines is 1. The Kier molecular flexibility index (Phi) is 6.29. The molecule has 1 amide bonds. The van der Waals surface area contributed by atoms with Gasteiger partial charge in [0.1, 0.15) is 17.6 Å². The zero-order chi connectivity index (χ0) is 25.2. The van der Waals surface area contributed by atoms with Crippen LogP contribution in [0.4, 0.5) is 5.69 Å². The fourth-order valence-corrected chi connectivity index (χ4v) is 4.44. The van der Waals surface area contributed by atoms with Crippen LogP contribution < -0.4 is 16.6 Å². The quantitative estimate of drug-likeness (QED) is 0.358. The number of carbonyl (C=O) groups is 1. The van der Waals surface area contributed by atoms with Crippen LogP contribution in [-0.2, 0) is 24.3 Å². The summed E-state index contributed by atoms with van der Waals surface area (Å²) in [6, 6.07) is 24.4. The number of furan rings is 1. The SMILES string of the molecule is CC(C)c1cccc(NC(=O)Cn2c(=O)n(CCc3ccccc3)c(=O)c3oc4ccccc4c32)c1. The molecule has 3 aromatic carbocycles. The molecule has 0 aliphatic carbocycles. The zero-order valence-electron chi connectivity index (χ0n) is 20.2. The molecule has 0 unspecified atom stereocenters. The van der Waals surface area contributed by atoms with Gasteiger partial charge in [-0.25, -0.2) is 4.79 Å². The number of aromatic nitrogens is 2. The summed E-state index contributed by atoms with van der Waals surface area (Å²) in [6.07, 6.45) is 0.496. The van der Waals surface area contributed by atoms with Crippen LogP contribution in [-0.4, -0.2) is 15.0 Å². The molecule has 36 heavy (non-hydrogen) atoms. The van der Waals surface area contributed by atoms with E-state index < -0.39 is 11.2 Å². The molecule has 2 aromatic heterocycles. The Morgan fingerprint density at radius 2 is 1.67 bits per heavy atom. The summed E-state index contributed by atoms with van der Waals surface area (Å²) >= 11 is 0. The van der Waals surface area contributed by atoms with Gasteiger partial charge < -0.3 is 9.73 Å². The van der Waals surface area contributed by atoms with Crippen molar-refractivity contribution in [2.45, 2.75) is 39.3 Å². The molecular weight excluding hydrogens is 454 g/mol. The topological polar surface area (TPSA) is 86.2 Å². The lowest BCUT2D eigenvalue weighted by Crippen LogP contribution is -2.41. The highest BCUT2D eigenvalue weighted by atomic mass is 16.3. The van der Waals surface area contributed by atoms with Crippen LogP contribution >= 0.6 is 0 Å². The lowest BCUT2D eigenvalue weighted by Gasteiger charge is -2.13. The summed E-state index contributed by atoms with van der Waals surface area (Å²) in [4.78, 5) is 40.0. The van der Waals surface area contributed by atoms with Crippen molar-refractivity contribution in [2.24, 2.45) is 0 Å². The zero-order valence-corrected chi connectivity index (χ0v) is 20.2. The molecule has 0 saturated heterocycles. The molecule has 5 rings (SSSR count). The monoisotopic (exact) mass is 481 g/mol. The van der Waals surface area contributed by atoms with Crippen molar-refractivity contribution in [3.63, 3.8) is 0 Å². The van der Waals surface area contributed by atoms with E-state index in [-0.39, 0.29) is 24.6 Å². The van der Waals surface area contributed by atoms with Crippen LogP contribution in [0.25, 0.3) is 22.1 Å². The maximum atomic E-state index is 13.6. The van der Waals surface area contributed by atoms with E-state index in [4.69, 9.17) is 4.42 Å². The van der Waals surface area contributed by atoms with Gasteiger partial charge in [0.2, 0.25) is 11.5 Å². The van der Waals surface area contributed by atoms with Crippen LogP contribution in [0.1, 0.15) is 30.9 Å². The Morgan fingerprint density at radius 1 is 0.917 bits per heavy atom. The Morgan fingerprint density at radius 3 is 2.44 bits per heavy atom. The molecule has 7 nitrogen and oxygen atoms in total. The van der Waals surface area contributed by atoms with Crippen LogP contribution in [0.5, 0.6) is 0 Å². The number of aryl methyl sites for hydroxylation is 1. The van der Waals surface area contributed by atoms with Gasteiger partial charge in [-0.2, -0.15) is 0 Å². The Bertz CT molecular complexity index is 1680. The third-order valence-corrected chi connectivity index (χ3v) is 6.35. The van der Waals surface area contributed by atoms with Gasteiger partial charge >= 0.3 is 5.69 Å². The van der Waals surface area contributed by atoms with Gasteiger partial charge in [-0.15, -0.1) is 0 Å². The summed E-state index contributed by atoms with van der Waals surface area (Å²) in [6.45, 7) is 4.09. The molecule has 0 aliphatic rings. The molecule has 0 bridgehead atoms. The van der Waals surface area contributed by atoms with Gasteiger partial charge in [0.15, 0.2) is 0 Å². The number of nitrogens with one attached hydrogen (secondary N) is 1. The number of amides is 1. The van der Waals surface area contributed by atoms with Crippen molar-refractivity contribution in [1.82, 2.24) is 9.13 Å². The van der Waals surface area contributed by atoms with E-state index in [1.807, 2.05) is 60.7 Å². The summed E-state index contributed by atoms with van der Waals surface area (Å²) in [5.41, 5.74) is 2.62. The van der Waals surface area contributed by atoms with E-state index in [0.29, 0.717) is 34.5 Å². The Hall–Kier alpha value is -4.39. The summed E-state index contributed by atoms with van der Waals surface area (Å²) in [5.74, 6) is -0.0487. The Labute approximate surface area is 207 Å². The van der Waals surface area contributed by atoms with Gasteiger partial charge in [0.25, 0.3) is 5.56 Å². The van der Waals surface area contributed by atoms with E-state index in [9.17, 15) is 14.4 Å². The number of hydrogen-bond donors (Lipinski definition) is 1. The standard InChI is InChI=1S/C29H27N3O4/c1-19(2)21-11-8-12-22(17-21)30-25(33)18-32-26-23-13-6-7-14-24(23)36-27(26)28(34)31(29(32)35)16-15-20-9-4-3-5-10-20/h3-14,17,19H,15-16,18H2,1-2H3,(H,30,33). The maximum Gasteiger partial charge on any atom is 0.332 e. The third kappa shape index (κ3) is 4.47. The summed E-state index contributed by atoms with van der Waals surface area (Å²) in [5, 5.41) is 3.51. The molecule has 0 radical (unpaired) electrons. The van der Waals surface area contributed by atoms with Crippen LogP contribution in [0.2, 0.25) is 0 Å². The highest BCUT2D eigenvalue weighted by Gasteiger charge is 2.21. The van der Waals surface area contributed by atoms with E-state index >= 15 is 0 Å². The minimum Gasteiger partial charge on any atom is -0.449 e. The van der Waals surface area contributed by atoms with E-state index in [1.54, 1.807) is 18.2 Å². The van der Waals surface area contributed by atoms with Gasteiger partial charge in [0.05, 0.1) is 0 Å². The van der Waals surface area contributed by atoms with E-state index in [2.05, 4.69) is 19.2 Å². The van der Waals surface area contributed by atoms with Crippen LogP contribution in [0.3, 0.4) is 0 Å². The fourth-order valence-electron chi connectivity index (χ4n) is 4.44. The molecular formula is C29H27N3O4. The van der Waals surface area contributed by atoms with Crippen molar-refractivity contribution in [3.05, 3.63) is 111 Å². The average Bonchev–Trinajstić information content (AvgIpc) is 3.27. The Balaban J connectivity index is 1.56. The number of benzene rings is 3. The second kappa shape index (κ2) is 9.70. The van der Waals surface area contributed by atoms with Crippen molar-refractivity contribution >= 4 is 33.7 Å². The van der Waals surface area contributed by atoms with Gasteiger partial charge in [-0.1, -0.05) is 68.4 Å². The lowest BCUT2D eigenvalue weighted by molar-refractivity contribution is -0.116. The first-order valence-electron chi connectivity index (χ1n) is 12.0. The number of nitrogens with zero attached hydrogens (tertiary/aromatic N) is 2. The number of hydrogen-bond acceptors (Lipinski definition) is 4. The smallest absolute Gasteiger partial charge is 0.332 e. The lowest BCUT2D eigenvalue weighted by atomic mass is 10.0. The number of carbonyl (C=O) groups excluding carboxylic acids is 1. The minimum atomic E-state index is -0.541. The first kappa shape index (κ1) is 23.4. The number of fused-ring (bicyclic) bond motifs is 3. The second-order valence-corrected chi connectivity index (χ2v) is 9.17. The van der Waals surface area contributed by atoms with Gasteiger partial charge in [-0.05, 0) is 47.7 Å². The molecule has 0 atom stereocenters. The first-order chi connectivity index (χ1) is 17.4. The van der Waals surface area contributed by atoms with Gasteiger partial charge in [0, 0.05) is 17.6 Å². The van der Waals surface area contributed by atoms with Crippen molar-refractivity contribution in [3.8, 4) is 0 Å². The molecule has 0 spiro atoms. The van der Waals surface area contributed by atoms with Crippen LogP contribution in [0.15, 0.2) is 92.9 Å². The molecule has 182 valence electrons. The molecule has 7 heteroatoms. The first-order valence-corrected chi connectivity index (χ1v) is 12.0. The molecule has 5 aromatic rings. The molecule has 0 aliphatic heterocycles. The predicted octanol–water partition coefficient (Wildman–Crippen LogP) is 4.91.